The lowest BCUT2D eigenvalue weighted by Gasteiger charge is -2.31. The molecule has 9 heteroatoms. The summed E-state index contributed by atoms with van der Waals surface area (Å²) in [5, 5.41) is 47.5. The van der Waals surface area contributed by atoms with Crippen LogP contribution in [0.5, 0.6) is 34.5 Å². The van der Waals surface area contributed by atoms with Crippen LogP contribution in [0.3, 0.4) is 0 Å². The number of fused-ring (bicyclic) bond motifs is 1. The average molecular weight is 349 g/mol. The summed E-state index contributed by atoms with van der Waals surface area (Å²) in [6.07, 6.45) is -1.99. The van der Waals surface area contributed by atoms with E-state index in [1.54, 1.807) is 0 Å². The van der Waals surface area contributed by atoms with Gasteiger partial charge in [-0.15, -0.1) is 0 Å². The SMILES string of the molecule is NC1Oc2cc(O)cc(O)c2CC1OC(=O)c1cc(O)c(O)c(O)c1. The molecule has 1 heterocycles. The van der Waals surface area contributed by atoms with Crippen molar-refractivity contribution in [3.05, 3.63) is 35.4 Å². The van der Waals surface area contributed by atoms with Crippen LogP contribution in [0.15, 0.2) is 24.3 Å². The third-order valence-corrected chi connectivity index (χ3v) is 3.77. The van der Waals surface area contributed by atoms with Crippen molar-refractivity contribution in [2.75, 3.05) is 0 Å². The van der Waals surface area contributed by atoms with Gasteiger partial charge in [0.2, 0.25) is 0 Å². The molecule has 0 spiro atoms. The molecule has 0 amide bonds. The molecular weight excluding hydrogens is 334 g/mol. The first kappa shape index (κ1) is 16.5. The van der Waals surface area contributed by atoms with Gasteiger partial charge >= 0.3 is 5.97 Å². The van der Waals surface area contributed by atoms with Crippen LogP contribution in [0.2, 0.25) is 0 Å². The van der Waals surface area contributed by atoms with Gasteiger partial charge in [0.15, 0.2) is 29.6 Å². The van der Waals surface area contributed by atoms with Crippen LogP contribution >= 0.6 is 0 Å². The number of rotatable bonds is 2. The van der Waals surface area contributed by atoms with Crippen LogP contribution in [0.25, 0.3) is 0 Å². The predicted octanol–water partition coefficient (Wildman–Crippen LogP) is 0.660. The van der Waals surface area contributed by atoms with Crippen LogP contribution in [0, 0.1) is 0 Å². The molecule has 3 rings (SSSR count). The summed E-state index contributed by atoms with van der Waals surface area (Å²) < 4.78 is 10.6. The van der Waals surface area contributed by atoms with E-state index in [2.05, 4.69) is 0 Å². The second kappa shape index (κ2) is 5.95. The van der Waals surface area contributed by atoms with Crippen molar-refractivity contribution in [1.29, 1.82) is 0 Å². The number of hydrogen-bond acceptors (Lipinski definition) is 9. The van der Waals surface area contributed by atoms with E-state index >= 15 is 0 Å². The molecule has 2 atom stereocenters. The number of esters is 1. The maximum absolute atomic E-state index is 12.2. The second-order valence-corrected chi connectivity index (χ2v) is 5.54. The number of phenolic OH excluding ortho intramolecular Hbond substituents is 5. The van der Waals surface area contributed by atoms with E-state index in [1.165, 1.54) is 6.07 Å². The topological polar surface area (TPSA) is 163 Å². The minimum absolute atomic E-state index is 0.0321. The second-order valence-electron chi connectivity index (χ2n) is 5.54. The first-order valence-corrected chi connectivity index (χ1v) is 7.19. The number of aromatic hydroxyl groups is 5. The van der Waals surface area contributed by atoms with Gasteiger partial charge in [0.25, 0.3) is 0 Å². The number of ether oxygens (including phenoxy) is 2. The molecule has 7 N–H and O–H groups in total. The molecule has 2 unspecified atom stereocenters. The summed E-state index contributed by atoms with van der Waals surface area (Å²) in [5.41, 5.74) is 5.91. The average Bonchev–Trinajstić information content (AvgIpc) is 2.53. The van der Waals surface area contributed by atoms with E-state index < -0.39 is 35.5 Å². The molecule has 1 aliphatic heterocycles. The van der Waals surface area contributed by atoms with E-state index in [1.807, 2.05) is 0 Å². The highest BCUT2D eigenvalue weighted by Crippen LogP contribution is 2.39. The Labute approximate surface area is 141 Å². The van der Waals surface area contributed by atoms with Gasteiger partial charge in [-0.3, -0.25) is 5.73 Å². The lowest BCUT2D eigenvalue weighted by molar-refractivity contribution is -0.0158. The predicted molar refractivity (Wildman–Crippen MR) is 82.7 cm³/mol. The van der Waals surface area contributed by atoms with E-state index in [0.717, 1.165) is 18.2 Å². The number of benzene rings is 2. The maximum atomic E-state index is 12.2. The molecule has 0 radical (unpaired) electrons. The zero-order chi connectivity index (χ0) is 18.3. The molecular formula is C16H15NO8. The standard InChI is InChI=1S/C16H15NO8/c17-15-13(5-8-9(19)3-7(18)4-12(8)24-15)25-16(23)6-1-10(20)14(22)11(21)2-6/h1-4,13,15,18-22H,5,17H2. The Balaban J connectivity index is 1.82. The lowest BCUT2D eigenvalue weighted by atomic mass is 10.0. The lowest BCUT2D eigenvalue weighted by Crippen LogP contribution is -2.46. The molecule has 0 fully saturated rings. The summed E-state index contributed by atoms with van der Waals surface area (Å²) >= 11 is 0. The molecule has 2 aromatic rings. The molecule has 25 heavy (non-hydrogen) atoms. The van der Waals surface area contributed by atoms with Gasteiger partial charge < -0.3 is 35.0 Å². The van der Waals surface area contributed by atoms with Gasteiger partial charge in [-0.05, 0) is 12.1 Å². The van der Waals surface area contributed by atoms with Crippen molar-refractivity contribution in [3.8, 4) is 34.5 Å². The molecule has 0 bridgehead atoms. The maximum Gasteiger partial charge on any atom is 0.338 e. The van der Waals surface area contributed by atoms with Crippen LogP contribution in [-0.4, -0.2) is 43.8 Å². The molecule has 132 valence electrons. The Kier molecular flexibility index (Phi) is 3.93. The first-order valence-electron chi connectivity index (χ1n) is 7.19. The van der Waals surface area contributed by atoms with Gasteiger partial charge in [0.1, 0.15) is 17.2 Å². The number of carbonyl (C=O) groups excluding carboxylic acids is 1. The quantitative estimate of drug-likeness (QED) is 0.338. The van der Waals surface area contributed by atoms with Crippen LogP contribution in [0.1, 0.15) is 15.9 Å². The Hall–Kier alpha value is -3.33. The fraction of sp³-hybridized carbons (Fsp3) is 0.188. The van der Waals surface area contributed by atoms with Crippen molar-refractivity contribution in [2.45, 2.75) is 18.8 Å². The van der Waals surface area contributed by atoms with Crippen molar-refractivity contribution < 1.29 is 39.8 Å². The minimum Gasteiger partial charge on any atom is -0.508 e. The number of phenols is 5. The van der Waals surface area contributed by atoms with Crippen LogP contribution < -0.4 is 10.5 Å². The highest BCUT2D eigenvalue weighted by molar-refractivity contribution is 5.91. The smallest absolute Gasteiger partial charge is 0.338 e. The van der Waals surface area contributed by atoms with E-state index in [9.17, 15) is 30.3 Å². The summed E-state index contributed by atoms with van der Waals surface area (Å²) in [4.78, 5) is 12.2. The molecule has 9 nitrogen and oxygen atoms in total. The summed E-state index contributed by atoms with van der Waals surface area (Å²) in [5.74, 6) is -3.30. The number of hydrogen-bond donors (Lipinski definition) is 6. The van der Waals surface area contributed by atoms with Gasteiger partial charge in [-0.1, -0.05) is 0 Å². The molecule has 0 aromatic heterocycles. The third-order valence-electron chi connectivity index (χ3n) is 3.77. The Morgan fingerprint density at radius 1 is 1.04 bits per heavy atom. The monoisotopic (exact) mass is 349 g/mol. The van der Waals surface area contributed by atoms with Crippen LogP contribution in [0.4, 0.5) is 0 Å². The van der Waals surface area contributed by atoms with Gasteiger partial charge in [-0.25, -0.2) is 4.79 Å². The van der Waals surface area contributed by atoms with Crippen molar-refractivity contribution in [1.82, 2.24) is 0 Å². The largest absolute Gasteiger partial charge is 0.508 e. The fourth-order valence-corrected chi connectivity index (χ4v) is 2.50. The highest BCUT2D eigenvalue weighted by atomic mass is 16.6. The highest BCUT2D eigenvalue weighted by Gasteiger charge is 2.33. The zero-order valence-electron chi connectivity index (χ0n) is 12.7. The van der Waals surface area contributed by atoms with Crippen molar-refractivity contribution in [2.24, 2.45) is 5.73 Å². The molecule has 1 aliphatic rings. The van der Waals surface area contributed by atoms with Crippen molar-refractivity contribution in [3.63, 3.8) is 0 Å². The van der Waals surface area contributed by atoms with Crippen molar-refractivity contribution >= 4 is 5.97 Å². The van der Waals surface area contributed by atoms with E-state index in [-0.39, 0.29) is 29.2 Å². The molecule has 0 saturated carbocycles. The van der Waals surface area contributed by atoms with E-state index in [0.29, 0.717) is 5.56 Å². The van der Waals surface area contributed by atoms with Gasteiger partial charge in [-0.2, -0.15) is 0 Å². The van der Waals surface area contributed by atoms with Crippen LogP contribution in [-0.2, 0) is 11.2 Å². The van der Waals surface area contributed by atoms with E-state index in [4.69, 9.17) is 15.2 Å². The zero-order valence-corrected chi connectivity index (χ0v) is 12.7. The minimum atomic E-state index is -1.06. The summed E-state index contributed by atoms with van der Waals surface area (Å²) in [6.45, 7) is 0. The van der Waals surface area contributed by atoms with Gasteiger partial charge in [0, 0.05) is 24.1 Å². The summed E-state index contributed by atoms with van der Waals surface area (Å²) in [7, 11) is 0. The molecule has 0 saturated heterocycles. The fourth-order valence-electron chi connectivity index (χ4n) is 2.50. The summed E-state index contributed by atoms with van der Waals surface area (Å²) in [6, 6.07) is 4.25. The Morgan fingerprint density at radius 2 is 1.68 bits per heavy atom. The Bertz CT molecular complexity index is 827. The third kappa shape index (κ3) is 3.04. The first-order chi connectivity index (χ1) is 11.8. The molecule has 0 aliphatic carbocycles. The number of carbonyl (C=O) groups is 1. The van der Waals surface area contributed by atoms with Gasteiger partial charge in [0.05, 0.1) is 5.56 Å². The molecule has 2 aromatic carbocycles. The normalized spacial score (nSPS) is 18.9. The Morgan fingerprint density at radius 3 is 2.32 bits per heavy atom. The number of nitrogens with two attached hydrogens (primary N) is 1.